The van der Waals surface area contributed by atoms with E-state index in [2.05, 4.69) is 0 Å². The molecule has 2 heterocycles. The van der Waals surface area contributed by atoms with E-state index in [1.165, 1.54) is 0 Å². The van der Waals surface area contributed by atoms with E-state index in [0.29, 0.717) is 12.1 Å². The summed E-state index contributed by atoms with van der Waals surface area (Å²) in [5.41, 5.74) is 6.93. The zero-order chi connectivity index (χ0) is 15.7. The van der Waals surface area contributed by atoms with Gasteiger partial charge in [-0.2, -0.15) is 0 Å². The van der Waals surface area contributed by atoms with Crippen molar-refractivity contribution in [1.82, 2.24) is 4.90 Å². The number of rotatable bonds is 2. The molecule has 2 aliphatic rings. The minimum atomic E-state index is -0.330. The third kappa shape index (κ3) is 2.71. The lowest BCUT2D eigenvalue weighted by Crippen LogP contribution is -2.49. The van der Waals surface area contributed by atoms with E-state index in [1.807, 2.05) is 37.3 Å². The molecule has 116 valence electrons. The predicted octanol–water partition coefficient (Wildman–Crippen LogP) is 1.57. The molecule has 0 bridgehead atoms. The Bertz CT molecular complexity index is 639. The van der Waals surface area contributed by atoms with Gasteiger partial charge in [0.2, 0.25) is 5.91 Å². The average molecular weight is 300 g/mol. The number of piperidine rings is 1. The van der Waals surface area contributed by atoms with Gasteiger partial charge in [-0.3, -0.25) is 9.59 Å². The van der Waals surface area contributed by atoms with E-state index in [4.69, 9.17) is 10.5 Å². The maximum absolute atomic E-state index is 12.8. The first-order valence-electron chi connectivity index (χ1n) is 7.59. The normalized spacial score (nSPS) is 24.0. The Morgan fingerprint density at radius 1 is 1.27 bits per heavy atom. The second-order valence-electron chi connectivity index (χ2n) is 5.98. The molecule has 1 fully saturated rings. The lowest BCUT2D eigenvalue weighted by molar-refractivity contribution is -0.134. The summed E-state index contributed by atoms with van der Waals surface area (Å²) in [5, 5.41) is 0. The topological polar surface area (TPSA) is 72.6 Å². The van der Waals surface area contributed by atoms with E-state index in [1.54, 1.807) is 4.90 Å². The highest BCUT2D eigenvalue weighted by Gasteiger charge is 2.33. The number of fused-ring (bicyclic) bond motifs is 1. The number of primary amides is 1. The van der Waals surface area contributed by atoms with E-state index >= 15 is 0 Å². The fourth-order valence-electron chi connectivity index (χ4n) is 3.05. The first kappa shape index (κ1) is 14.6. The quantitative estimate of drug-likeness (QED) is 0.901. The Morgan fingerprint density at radius 2 is 2.05 bits per heavy atom. The van der Waals surface area contributed by atoms with Crippen LogP contribution in [0.5, 0.6) is 5.75 Å². The van der Waals surface area contributed by atoms with Gasteiger partial charge in [0.05, 0.1) is 11.5 Å². The molecule has 2 aliphatic heterocycles. The molecular weight excluding hydrogens is 280 g/mol. The number of benzene rings is 1. The number of carbonyl (C=O) groups excluding carboxylic acids is 2. The fraction of sp³-hybridized carbons (Fsp3) is 0.412. The lowest BCUT2D eigenvalue weighted by atomic mass is 9.92. The molecule has 0 radical (unpaired) electrons. The van der Waals surface area contributed by atoms with Crippen LogP contribution in [-0.4, -0.2) is 35.9 Å². The van der Waals surface area contributed by atoms with Crippen LogP contribution in [0.2, 0.25) is 0 Å². The van der Waals surface area contributed by atoms with Crippen LogP contribution in [-0.2, 0) is 9.59 Å². The Hall–Kier alpha value is -2.30. The summed E-state index contributed by atoms with van der Waals surface area (Å²) >= 11 is 0. The fourth-order valence-corrected chi connectivity index (χ4v) is 3.05. The maximum Gasteiger partial charge on any atom is 0.253 e. The molecule has 2 amide bonds. The molecule has 5 nitrogen and oxygen atoms in total. The largest absolute Gasteiger partial charge is 0.488 e. The highest BCUT2D eigenvalue weighted by Crippen LogP contribution is 2.29. The number of ether oxygens (including phenoxy) is 1. The number of hydrogen-bond acceptors (Lipinski definition) is 3. The summed E-state index contributed by atoms with van der Waals surface area (Å²) in [4.78, 5) is 25.9. The van der Waals surface area contributed by atoms with Gasteiger partial charge in [0.25, 0.3) is 5.91 Å². The molecule has 0 unspecified atom stereocenters. The number of nitrogens with two attached hydrogens (primary N) is 1. The Balaban J connectivity index is 1.81. The smallest absolute Gasteiger partial charge is 0.253 e. The van der Waals surface area contributed by atoms with Gasteiger partial charge in [-0.25, -0.2) is 0 Å². The summed E-state index contributed by atoms with van der Waals surface area (Å²) in [5.74, 6) is 0.148. The first-order valence-corrected chi connectivity index (χ1v) is 7.59. The maximum atomic E-state index is 12.8. The molecule has 0 spiro atoms. The molecule has 0 aromatic heterocycles. The molecular formula is C17H20N2O3. The van der Waals surface area contributed by atoms with Crippen LogP contribution in [0.3, 0.4) is 0 Å². The van der Waals surface area contributed by atoms with Gasteiger partial charge < -0.3 is 15.4 Å². The summed E-state index contributed by atoms with van der Waals surface area (Å²) in [7, 11) is 0. The molecule has 1 aromatic carbocycles. The molecule has 0 saturated carbocycles. The summed E-state index contributed by atoms with van der Waals surface area (Å²) in [6.07, 6.45) is 3.42. The van der Waals surface area contributed by atoms with Gasteiger partial charge in [-0.05, 0) is 31.9 Å². The predicted molar refractivity (Wildman–Crippen MR) is 83.0 cm³/mol. The summed E-state index contributed by atoms with van der Waals surface area (Å²) in [6, 6.07) is 7.75. The Labute approximate surface area is 129 Å². The molecule has 1 aromatic rings. The third-order valence-corrected chi connectivity index (χ3v) is 4.45. The minimum Gasteiger partial charge on any atom is -0.488 e. The van der Waals surface area contributed by atoms with Crippen molar-refractivity contribution in [2.45, 2.75) is 25.8 Å². The Kier molecular flexibility index (Phi) is 3.88. The third-order valence-electron chi connectivity index (χ3n) is 4.45. The van der Waals surface area contributed by atoms with Gasteiger partial charge in [0.15, 0.2) is 0 Å². The molecule has 0 aliphatic carbocycles. The standard InChI is InChI=1S/C17H20N2O3/c1-11-6-7-13(16(18)20)9-19(11)17(21)14-8-12-4-2-3-5-15(12)22-10-14/h2-5,8,11,13H,6-7,9-10H2,1H3,(H2,18,20)/t11-,13+/m1/s1. The molecule has 3 rings (SSSR count). The molecule has 2 atom stereocenters. The number of nitrogens with zero attached hydrogens (tertiary/aromatic N) is 1. The van der Waals surface area contributed by atoms with Crippen molar-refractivity contribution < 1.29 is 14.3 Å². The van der Waals surface area contributed by atoms with Gasteiger partial charge in [-0.15, -0.1) is 0 Å². The SMILES string of the molecule is C[C@@H]1CC[C@H](C(N)=O)CN1C(=O)C1=Cc2ccccc2OC1. The number of para-hydroxylation sites is 1. The van der Waals surface area contributed by atoms with Crippen molar-refractivity contribution >= 4 is 17.9 Å². The zero-order valence-electron chi connectivity index (χ0n) is 12.6. The molecule has 5 heteroatoms. The number of hydrogen-bond donors (Lipinski definition) is 1. The lowest BCUT2D eigenvalue weighted by Gasteiger charge is -2.37. The van der Waals surface area contributed by atoms with E-state index in [9.17, 15) is 9.59 Å². The van der Waals surface area contributed by atoms with Crippen molar-refractivity contribution in [3.63, 3.8) is 0 Å². The van der Waals surface area contributed by atoms with Crippen LogP contribution in [0.25, 0.3) is 6.08 Å². The van der Waals surface area contributed by atoms with Crippen LogP contribution >= 0.6 is 0 Å². The second kappa shape index (κ2) is 5.83. The van der Waals surface area contributed by atoms with Crippen LogP contribution < -0.4 is 10.5 Å². The van der Waals surface area contributed by atoms with E-state index in [-0.39, 0.29) is 30.4 Å². The number of likely N-dealkylation sites (tertiary alicyclic amines) is 1. The van der Waals surface area contributed by atoms with Gasteiger partial charge >= 0.3 is 0 Å². The van der Waals surface area contributed by atoms with Crippen molar-refractivity contribution in [3.8, 4) is 5.75 Å². The average Bonchev–Trinajstić information content (AvgIpc) is 2.54. The van der Waals surface area contributed by atoms with Gasteiger partial charge in [0.1, 0.15) is 12.4 Å². The highest BCUT2D eigenvalue weighted by molar-refractivity contribution is 5.99. The van der Waals surface area contributed by atoms with Gasteiger partial charge in [-0.1, -0.05) is 18.2 Å². The van der Waals surface area contributed by atoms with Crippen LogP contribution in [0, 0.1) is 5.92 Å². The van der Waals surface area contributed by atoms with Crippen LogP contribution in [0.1, 0.15) is 25.3 Å². The Morgan fingerprint density at radius 3 is 2.82 bits per heavy atom. The highest BCUT2D eigenvalue weighted by atomic mass is 16.5. The minimum absolute atomic E-state index is 0.0621. The number of amides is 2. The monoisotopic (exact) mass is 300 g/mol. The second-order valence-corrected chi connectivity index (χ2v) is 5.98. The van der Waals surface area contributed by atoms with Crippen molar-refractivity contribution in [2.75, 3.05) is 13.2 Å². The van der Waals surface area contributed by atoms with Gasteiger partial charge in [0, 0.05) is 18.2 Å². The number of carbonyl (C=O) groups is 2. The van der Waals surface area contributed by atoms with Crippen molar-refractivity contribution in [1.29, 1.82) is 0 Å². The van der Waals surface area contributed by atoms with Crippen LogP contribution in [0.15, 0.2) is 29.8 Å². The van der Waals surface area contributed by atoms with Crippen molar-refractivity contribution in [3.05, 3.63) is 35.4 Å². The molecule has 1 saturated heterocycles. The summed E-state index contributed by atoms with van der Waals surface area (Å²) < 4.78 is 5.65. The van der Waals surface area contributed by atoms with Crippen molar-refractivity contribution in [2.24, 2.45) is 11.7 Å². The zero-order valence-corrected chi connectivity index (χ0v) is 12.6. The molecule has 2 N–H and O–H groups in total. The van der Waals surface area contributed by atoms with E-state index < -0.39 is 0 Å². The molecule has 22 heavy (non-hydrogen) atoms. The van der Waals surface area contributed by atoms with E-state index in [0.717, 1.165) is 24.2 Å². The first-order chi connectivity index (χ1) is 10.6. The van der Waals surface area contributed by atoms with Crippen LogP contribution in [0.4, 0.5) is 0 Å². The summed E-state index contributed by atoms with van der Waals surface area (Å²) in [6.45, 7) is 2.67.